The summed E-state index contributed by atoms with van der Waals surface area (Å²) < 4.78 is 9.66. The molecule has 20 heavy (non-hydrogen) atoms. The molecule has 0 atom stereocenters. The van der Waals surface area contributed by atoms with Gasteiger partial charge >= 0.3 is 12.1 Å². The van der Waals surface area contributed by atoms with E-state index in [1.54, 1.807) is 33.0 Å². The van der Waals surface area contributed by atoms with Crippen LogP contribution in [0.3, 0.4) is 0 Å². The Balaban J connectivity index is 2.83. The third kappa shape index (κ3) is 5.51. The van der Waals surface area contributed by atoms with E-state index in [0.29, 0.717) is 11.3 Å². The molecule has 0 aliphatic heterocycles. The van der Waals surface area contributed by atoms with E-state index in [1.807, 2.05) is 0 Å². The van der Waals surface area contributed by atoms with E-state index in [-0.39, 0.29) is 0 Å². The van der Waals surface area contributed by atoms with Crippen LogP contribution >= 0.6 is 0 Å². The first-order valence-corrected chi connectivity index (χ1v) is 6.02. The number of carbonyl (C=O) groups is 2. The number of rotatable bonds is 3. The van der Waals surface area contributed by atoms with Crippen molar-refractivity contribution in [2.75, 3.05) is 12.4 Å². The SMILES string of the molecule is COC(=O)C=Cc1ccncc1NC(=O)OC(C)(C)C. The third-order valence-electron chi connectivity index (χ3n) is 2.09. The van der Waals surface area contributed by atoms with Gasteiger partial charge in [0.15, 0.2) is 0 Å². The highest BCUT2D eigenvalue weighted by molar-refractivity contribution is 5.91. The van der Waals surface area contributed by atoms with E-state index >= 15 is 0 Å². The summed E-state index contributed by atoms with van der Waals surface area (Å²) in [6.45, 7) is 5.32. The highest BCUT2D eigenvalue weighted by atomic mass is 16.6. The van der Waals surface area contributed by atoms with E-state index < -0.39 is 17.7 Å². The Morgan fingerprint density at radius 3 is 2.65 bits per heavy atom. The Labute approximate surface area is 117 Å². The van der Waals surface area contributed by atoms with Crippen LogP contribution in [0.4, 0.5) is 10.5 Å². The molecule has 0 saturated heterocycles. The Bertz CT molecular complexity index is 518. The van der Waals surface area contributed by atoms with Crippen LogP contribution in [0, 0.1) is 0 Å². The summed E-state index contributed by atoms with van der Waals surface area (Å²) in [5, 5.41) is 2.58. The zero-order valence-electron chi connectivity index (χ0n) is 12.0. The zero-order valence-corrected chi connectivity index (χ0v) is 12.0. The van der Waals surface area contributed by atoms with E-state index in [0.717, 1.165) is 0 Å². The number of hydrogen-bond acceptors (Lipinski definition) is 5. The van der Waals surface area contributed by atoms with Crippen LogP contribution in [0.5, 0.6) is 0 Å². The predicted molar refractivity (Wildman–Crippen MR) is 75.1 cm³/mol. The molecule has 0 unspecified atom stereocenters. The summed E-state index contributed by atoms with van der Waals surface area (Å²) in [4.78, 5) is 26.7. The molecule has 0 bridgehead atoms. The van der Waals surface area contributed by atoms with Crippen LogP contribution in [0.25, 0.3) is 6.08 Å². The third-order valence-corrected chi connectivity index (χ3v) is 2.09. The van der Waals surface area contributed by atoms with Gasteiger partial charge in [-0.15, -0.1) is 0 Å². The molecule has 0 aromatic carbocycles. The molecular weight excluding hydrogens is 260 g/mol. The molecule has 1 aromatic rings. The average molecular weight is 278 g/mol. The van der Waals surface area contributed by atoms with Gasteiger partial charge in [0.25, 0.3) is 0 Å². The monoisotopic (exact) mass is 278 g/mol. The smallest absolute Gasteiger partial charge is 0.412 e. The number of nitrogens with zero attached hydrogens (tertiary/aromatic N) is 1. The zero-order chi connectivity index (χ0) is 15.2. The van der Waals surface area contributed by atoms with Crippen LogP contribution in [-0.2, 0) is 14.3 Å². The Morgan fingerprint density at radius 1 is 1.35 bits per heavy atom. The molecule has 0 aliphatic rings. The number of esters is 1. The summed E-state index contributed by atoms with van der Waals surface area (Å²) in [7, 11) is 1.29. The number of pyridine rings is 1. The quantitative estimate of drug-likeness (QED) is 0.679. The first kappa shape index (κ1) is 15.7. The maximum absolute atomic E-state index is 11.7. The minimum absolute atomic E-state index is 0.446. The Kier molecular flexibility index (Phi) is 5.25. The van der Waals surface area contributed by atoms with Crippen molar-refractivity contribution in [1.29, 1.82) is 0 Å². The summed E-state index contributed by atoms with van der Waals surface area (Å²) in [6.07, 6.45) is 5.23. The molecule has 0 saturated carbocycles. The lowest BCUT2D eigenvalue weighted by molar-refractivity contribution is -0.134. The molecule has 1 heterocycles. The van der Waals surface area contributed by atoms with E-state index in [1.165, 1.54) is 25.5 Å². The molecule has 6 nitrogen and oxygen atoms in total. The second kappa shape index (κ2) is 6.70. The second-order valence-corrected chi connectivity index (χ2v) is 4.95. The minimum atomic E-state index is -0.589. The van der Waals surface area contributed by atoms with E-state index in [4.69, 9.17) is 4.74 Å². The Hall–Kier alpha value is -2.37. The van der Waals surface area contributed by atoms with Crippen LogP contribution < -0.4 is 5.32 Å². The number of amides is 1. The number of carbonyl (C=O) groups excluding carboxylic acids is 2. The van der Waals surface area contributed by atoms with Crippen LogP contribution in [0.1, 0.15) is 26.3 Å². The predicted octanol–water partition coefficient (Wildman–Crippen LogP) is 2.61. The molecule has 6 heteroatoms. The molecule has 0 radical (unpaired) electrons. The summed E-state index contributed by atoms with van der Waals surface area (Å²) in [5.74, 6) is -0.481. The fraction of sp³-hybridized carbons (Fsp3) is 0.357. The topological polar surface area (TPSA) is 77.5 Å². The summed E-state index contributed by atoms with van der Waals surface area (Å²) in [5.41, 5.74) is 0.479. The number of anilines is 1. The van der Waals surface area contributed by atoms with Gasteiger partial charge < -0.3 is 9.47 Å². The normalized spacial score (nSPS) is 11.2. The molecule has 1 rings (SSSR count). The van der Waals surface area contributed by atoms with Crippen molar-refractivity contribution >= 4 is 23.8 Å². The number of ether oxygens (including phenoxy) is 2. The molecule has 0 fully saturated rings. The van der Waals surface area contributed by atoms with Gasteiger partial charge in [-0.25, -0.2) is 9.59 Å². The van der Waals surface area contributed by atoms with Crippen LogP contribution in [-0.4, -0.2) is 29.8 Å². The first-order chi connectivity index (χ1) is 9.31. The molecular formula is C14H18N2O4. The van der Waals surface area contributed by atoms with Crippen molar-refractivity contribution in [3.05, 3.63) is 30.1 Å². The highest BCUT2D eigenvalue weighted by Gasteiger charge is 2.16. The molecule has 108 valence electrons. The molecule has 1 N–H and O–H groups in total. The minimum Gasteiger partial charge on any atom is -0.466 e. The van der Waals surface area contributed by atoms with E-state index in [2.05, 4.69) is 15.0 Å². The lowest BCUT2D eigenvalue weighted by Crippen LogP contribution is -2.27. The summed E-state index contributed by atoms with van der Waals surface area (Å²) in [6, 6.07) is 1.66. The second-order valence-electron chi connectivity index (χ2n) is 4.95. The van der Waals surface area contributed by atoms with Gasteiger partial charge in [0.1, 0.15) is 5.60 Å². The maximum Gasteiger partial charge on any atom is 0.412 e. The molecule has 1 amide bonds. The first-order valence-electron chi connectivity index (χ1n) is 6.02. The highest BCUT2D eigenvalue weighted by Crippen LogP contribution is 2.17. The van der Waals surface area contributed by atoms with Crippen molar-refractivity contribution in [3.8, 4) is 0 Å². The van der Waals surface area contributed by atoms with Gasteiger partial charge in [0, 0.05) is 17.8 Å². The molecule has 0 aliphatic carbocycles. The van der Waals surface area contributed by atoms with Gasteiger partial charge in [0.2, 0.25) is 0 Å². The van der Waals surface area contributed by atoms with E-state index in [9.17, 15) is 9.59 Å². The fourth-order valence-electron chi connectivity index (χ4n) is 1.29. The fourth-order valence-corrected chi connectivity index (χ4v) is 1.29. The maximum atomic E-state index is 11.7. The van der Waals surface area contributed by atoms with Gasteiger partial charge in [-0.3, -0.25) is 10.3 Å². The molecule has 1 aromatic heterocycles. The number of hydrogen-bond donors (Lipinski definition) is 1. The number of methoxy groups -OCH3 is 1. The lowest BCUT2D eigenvalue weighted by Gasteiger charge is -2.20. The van der Waals surface area contributed by atoms with Crippen molar-refractivity contribution in [1.82, 2.24) is 4.98 Å². The Morgan fingerprint density at radius 2 is 2.05 bits per heavy atom. The van der Waals surface area contributed by atoms with Crippen molar-refractivity contribution < 1.29 is 19.1 Å². The van der Waals surface area contributed by atoms with Crippen molar-refractivity contribution in [2.24, 2.45) is 0 Å². The largest absolute Gasteiger partial charge is 0.466 e. The number of nitrogens with one attached hydrogen (secondary N) is 1. The average Bonchev–Trinajstić information content (AvgIpc) is 2.35. The van der Waals surface area contributed by atoms with Gasteiger partial charge in [-0.05, 0) is 32.9 Å². The lowest BCUT2D eigenvalue weighted by atomic mass is 10.2. The molecule has 0 spiro atoms. The van der Waals surface area contributed by atoms with Crippen molar-refractivity contribution in [3.63, 3.8) is 0 Å². The standard InChI is InChI=1S/C14H18N2O4/c1-14(2,3)20-13(18)16-11-9-15-8-7-10(11)5-6-12(17)19-4/h5-9H,1-4H3,(H,16,18). The van der Waals surface area contributed by atoms with Crippen molar-refractivity contribution in [2.45, 2.75) is 26.4 Å². The summed E-state index contributed by atoms with van der Waals surface area (Å²) >= 11 is 0. The van der Waals surface area contributed by atoms with Crippen LogP contribution in [0.15, 0.2) is 24.5 Å². The van der Waals surface area contributed by atoms with Gasteiger partial charge in [-0.2, -0.15) is 0 Å². The number of aromatic nitrogens is 1. The van der Waals surface area contributed by atoms with Gasteiger partial charge in [-0.1, -0.05) is 0 Å². The van der Waals surface area contributed by atoms with Gasteiger partial charge in [0.05, 0.1) is 19.0 Å². The van der Waals surface area contributed by atoms with Crippen LogP contribution in [0.2, 0.25) is 0 Å².